The quantitative estimate of drug-likeness (QED) is 0.348. The molecular formula is C19H14Cl2FN3O2. The van der Waals surface area contributed by atoms with Crippen molar-refractivity contribution in [2.45, 2.75) is 13.5 Å². The van der Waals surface area contributed by atoms with Crippen LogP contribution in [0.4, 0.5) is 4.39 Å². The molecule has 3 aromatic rings. The second-order valence-electron chi connectivity index (χ2n) is 5.61. The summed E-state index contributed by atoms with van der Waals surface area (Å²) >= 11 is 12.1. The molecule has 0 aliphatic heterocycles. The Hall–Kier alpha value is -2.70. The van der Waals surface area contributed by atoms with Crippen LogP contribution in [0.1, 0.15) is 16.8 Å². The zero-order valence-corrected chi connectivity index (χ0v) is 15.7. The Balaban J connectivity index is 1.70. The zero-order valence-electron chi connectivity index (χ0n) is 14.2. The van der Waals surface area contributed by atoms with Gasteiger partial charge in [0.15, 0.2) is 0 Å². The van der Waals surface area contributed by atoms with Crippen LogP contribution in [0, 0.1) is 12.7 Å². The zero-order chi connectivity index (χ0) is 19.4. The minimum absolute atomic E-state index is 0.0783. The average molecular weight is 406 g/mol. The molecule has 8 heteroatoms. The molecule has 3 rings (SSSR count). The molecule has 0 bridgehead atoms. The van der Waals surface area contributed by atoms with Gasteiger partial charge in [-0.05, 0) is 43.3 Å². The maximum Gasteiger partial charge on any atom is 0.331 e. The normalized spacial score (nSPS) is 11.1. The Kier molecular flexibility index (Phi) is 5.88. The number of nitrogens with zero attached hydrogens (tertiary/aromatic N) is 3. The number of esters is 1. The highest BCUT2D eigenvalue weighted by atomic mass is 35.5. The first-order valence-electron chi connectivity index (χ1n) is 7.90. The molecule has 0 fully saturated rings. The van der Waals surface area contributed by atoms with Gasteiger partial charge in [-0.1, -0.05) is 29.3 Å². The number of ether oxygens (including phenoxy) is 1. The van der Waals surface area contributed by atoms with Crippen LogP contribution in [-0.2, 0) is 16.1 Å². The van der Waals surface area contributed by atoms with Gasteiger partial charge in [-0.25, -0.2) is 18.9 Å². The molecule has 0 aliphatic rings. The van der Waals surface area contributed by atoms with Gasteiger partial charge in [0.25, 0.3) is 0 Å². The minimum Gasteiger partial charge on any atom is -0.458 e. The first-order valence-corrected chi connectivity index (χ1v) is 8.66. The monoisotopic (exact) mass is 405 g/mol. The summed E-state index contributed by atoms with van der Waals surface area (Å²) in [6.45, 7) is 1.84. The molecule has 2 heterocycles. The van der Waals surface area contributed by atoms with E-state index in [2.05, 4.69) is 10.1 Å². The summed E-state index contributed by atoms with van der Waals surface area (Å²) in [5.74, 6) is -0.882. The lowest BCUT2D eigenvalue weighted by molar-refractivity contribution is -0.138. The third-order valence-electron chi connectivity index (χ3n) is 3.68. The van der Waals surface area contributed by atoms with Gasteiger partial charge < -0.3 is 4.74 Å². The summed E-state index contributed by atoms with van der Waals surface area (Å²) in [7, 11) is 0. The van der Waals surface area contributed by atoms with Crippen LogP contribution in [-0.4, -0.2) is 20.7 Å². The van der Waals surface area contributed by atoms with Crippen LogP contribution in [0.5, 0.6) is 0 Å². The number of hydrogen-bond acceptors (Lipinski definition) is 4. The van der Waals surface area contributed by atoms with E-state index in [-0.39, 0.29) is 12.4 Å². The van der Waals surface area contributed by atoms with Crippen molar-refractivity contribution in [2.24, 2.45) is 0 Å². The Morgan fingerprint density at radius 3 is 2.63 bits per heavy atom. The molecule has 0 unspecified atom stereocenters. The van der Waals surface area contributed by atoms with Crippen LogP contribution in [0.15, 0.2) is 48.7 Å². The summed E-state index contributed by atoms with van der Waals surface area (Å²) in [5.41, 5.74) is 2.53. The van der Waals surface area contributed by atoms with Crippen LogP contribution in [0.2, 0.25) is 10.3 Å². The number of carbonyl (C=O) groups excluding carboxylic acids is 1. The van der Waals surface area contributed by atoms with Gasteiger partial charge in [-0.3, -0.25) is 0 Å². The van der Waals surface area contributed by atoms with Crippen molar-refractivity contribution in [1.29, 1.82) is 0 Å². The van der Waals surface area contributed by atoms with Crippen molar-refractivity contribution < 1.29 is 13.9 Å². The Bertz CT molecular complexity index is 983. The van der Waals surface area contributed by atoms with Crippen molar-refractivity contribution in [1.82, 2.24) is 14.8 Å². The molecule has 0 radical (unpaired) electrons. The number of benzene rings is 1. The molecule has 0 N–H and O–H groups in total. The lowest BCUT2D eigenvalue weighted by atomic mass is 10.2. The van der Waals surface area contributed by atoms with E-state index in [0.29, 0.717) is 27.3 Å². The highest BCUT2D eigenvalue weighted by Crippen LogP contribution is 2.25. The molecule has 0 aliphatic carbocycles. The number of carbonyl (C=O) groups is 1. The van der Waals surface area contributed by atoms with Crippen LogP contribution < -0.4 is 0 Å². The molecule has 0 atom stereocenters. The lowest BCUT2D eigenvalue weighted by Gasteiger charge is -2.03. The third kappa shape index (κ3) is 4.72. The highest BCUT2D eigenvalue weighted by molar-refractivity contribution is 6.31. The summed E-state index contributed by atoms with van der Waals surface area (Å²) < 4.78 is 19.7. The maximum atomic E-state index is 13.1. The maximum absolute atomic E-state index is 13.1. The number of pyridine rings is 1. The van der Waals surface area contributed by atoms with E-state index in [0.717, 1.165) is 5.56 Å². The van der Waals surface area contributed by atoms with Gasteiger partial charge in [0.2, 0.25) is 0 Å². The minimum atomic E-state index is -0.532. The lowest BCUT2D eigenvalue weighted by Crippen LogP contribution is -2.01. The molecule has 0 spiro atoms. The van der Waals surface area contributed by atoms with Crippen molar-refractivity contribution in [2.75, 3.05) is 0 Å². The van der Waals surface area contributed by atoms with Crippen LogP contribution in [0.3, 0.4) is 0 Å². The second-order valence-corrected chi connectivity index (χ2v) is 6.35. The molecular weight excluding hydrogens is 392 g/mol. The summed E-state index contributed by atoms with van der Waals surface area (Å²) in [5, 5.41) is 5.01. The van der Waals surface area contributed by atoms with E-state index >= 15 is 0 Å². The van der Waals surface area contributed by atoms with Gasteiger partial charge >= 0.3 is 5.97 Å². The SMILES string of the molecule is Cc1nn(-c2ccc(F)cc2)c(Cl)c1/C=C/C(=O)OCc1ccc(Cl)nc1. The first kappa shape index (κ1) is 19.1. The topological polar surface area (TPSA) is 57.0 Å². The molecule has 5 nitrogen and oxygen atoms in total. The summed E-state index contributed by atoms with van der Waals surface area (Å²) in [6, 6.07) is 9.11. The van der Waals surface area contributed by atoms with E-state index in [4.69, 9.17) is 27.9 Å². The van der Waals surface area contributed by atoms with E-state index in [1.807, 2.05) is 0 Å². The smallest absolute Gasteiger partial charge is 0.331 e. The number of aromatic nitrogens is 3. The van der Waals surface area contributed by atoms with E-state index in [1.165, 1.54) is 35.2 Å². The van der Waals surface area contributed by atoms with E-state index in [1.54, 1.807) is 31.2 Å². The number of hydrogen-bond donors (Lipinski definition) is 0. The van der Waals surface area contributed by atoms with Crippen molar-refractivity contribution in [3.8, 4) is 5.69 Å². The number of rotatable bonds is 5. The predicted octanol–water partition coefficient (Wildman–Crippen LogP) is 4.78. The molecule has 0 saturated heterocycles. The summed E-state index contributed by atoms with van der Waals surface area (Å²) in [4.78, 5) is 15.8. The van der Waals surface area contributed by atoms with E-state index in [9.17, 15) is 9.18 Å². The van der Waals surface area contributed by atoms with E-state index < -0.39 is 5.97 Å². The van der Waals surface area contributed by atoms with Crippen molar-refractivity contribution in [3.05, 3.63) is 81.6 Å². The van der Waals surface area contributed by atoms with Crippen molar-refractivity contribution >= 4 is 35.2 Å². The molecule has 1 aromatic carbocycles. The molecule has 138 valence electrons. The number of halogens is 3. The fraction of sp³-hybridized carbons (Fsp3) is 0.105. The fourth-order valence-electron chi connectivity index (χ4n) is 2.30. The average Bonchev–Trinajstić information content (AvgIpc) is 2.94. The van der Waals surface area contributed by atoms with Gasteiger partial charge in [-0.2, -0.15) is 5.10 Å². The first-order chi connectivity index (χ1) is 12.9. The van der Waals surface area contributed by atoms with Gasteiger partial charge in [0.1, 0.15) is 22.7 Å². The van der Waals surface area contributed by atoms with Gasteiger partial charge in [-0.15, -0.1) is 0 Å². The molecule has 2 aromatic heterocycles. The Labute approximate surface area is 165 Å². The third-order valence-corrected chi connectivity index (χ3v) is 4.26. The molecule has 27 heavy (non-hydrogen) atoms. The highest BCUT2D eigenvalue weighted by Gasteiger charge is 2.13. The largest absolute Gasteiger partial charge is 0.458 e. The van der Waals surface area contributed by atoms with Gasteiger partial charge in [0, 0.05) is 23.4 Å². The molecule has 0 saturated carbocycles. The van der Waals surface area contributed by atoms with Crippen LogP contribution in [0.25, 0.3) is 11.8 Å². The number of aryl methyl sites for hydroxylation is 1. The van der Waals surface area contributed by atoms with Crippen LogP contribution >= 0.6 is 23.2 Å². The Morgan fingerprint density at radius 2 is 1.96 bits per heavy atom. The standard InChI is InChI=1S/C19H14Cl2FN3O2/c1-12-16(19(21)25(24-12)15-5-3-14(22)4-6-15)7-9-18(26)27-11-13-2-8-17(20)23-10-13/h2-10H,11H2,1H3/b9-7+. The predicted molar refractivity (Wildman–Crippen MR) is 101 cm³/mol. The van der Waals surface area contributed by atoms with Gasteiger partial charge in [0.05, 0.1) is 11.4 Å². The Morgan fingerprint density at radius 1 is 1.22 bits per heavy atom. The van der Waals surface area contributed by atoms with Crippen molar-refractivity contribution in [3.63, 3.8) is 0 Å². The summed E-state index contributed by atoms with van der Waals surface area (Å²) in [6.07, 6.45) is 4.34. The molecule has 0 amide bonds. The fourth-order valence-corrected chi connectivity index (χ4v) is 2.75. The second kappa shape index (κ2) is 8.33.